The van der Waals surface area contributed by atoms with Crippen LogP contribution in [-0.2, 0) is 11.2 Å². The number of ether oxygens (including phenoxy) is 1. The Bertz CT molecular complexity index is 978. The lowest BCUT2D eigenvalue weighted by Gasteiger charge is -2.14. The van der Waals surface area contributed by atoms with Crippen LogP contribution in [0.1, 0.15) is 12.3 Å². The lowest BCUT2D eigenvalue weighted by atomic mass is 10.2. The molecular weight excluding hydrogens is 411 g/mol. The lowest BCUT2D eigenvalue weighted by Crippen LogP contribution is -2.20. The Kier molecular flexibility index (Phi) is 6.38. The van der Waals surface area contributed by atoms with Gasteiger partial charge in [-0.05, 0) is 18.2 Å². The number of hydrogen-bond acceptors (Lipinski definition) is 5. The molecule has 1 heterocycles. The first-order valence-electron chi connectivity index (χ1n) is 8.47. The van der Waals surface area contributed by atoms with Crippen LogP contribution in [0, 0.1) is 0 Å². The summed E-state index contributed by atoms with van der Waals surface area (Å²) in [4.78, 5) is 16.4. The molecule has 3 aromatic rings. The van der Waals surface area contributed by atoms with Gasteiger partial charge >= 0.3 is 6.18 Å². The number of anilines is 1. The molecule has 0 aliphatic rings. The van der Waals surface area contributed by atoms with Gasteiger partial charge in [-0.15, -0.1) is 0 Å². The number of halogens is 4. The molecule has 6 nitrogen and oxygen atoms in total. The Labute approximate surface area is 168 Å². The van der Waals surface area contributed by atoms with E-state index in [1.165, 1.54) is 18.2 Å². The zero-order valence-electron chi connectivity index (χ0n) is 14.9. The molecule has 1 amide bonds. The van der Waals surface area contributed by atoms with E-state index in [2.05, 4.69) is 15.5 Å². The van der Waals surface area contributed by atoms with Gasteiger partial charge in [0.2, 0.25) is 17.6 Å². The van der Waals surface area contributed by atoms with E-state index in [0.717, 1.165) is 5.56 Å². The maximum Gasteiger partial charge on any atom is 0.422 e. The molecule has 10 heteroatoms. The minimum atomic E-state index is -4.50. The van der Waals surface area contributed by atoms with E-state index in [-0.39, 0.29) is 35.2 Å². The Morgan fingerprint density at radius 3 is 2.66 bits per heavy atom. The number of nitrogens with one attached hydrogen (secondary N) is 1. The van der Waals surface area contributed by atoms with Crippen LogP contribution in [-0.4, -0.2) is 28.8 Å². The monoisotopic (exact) mass is 425 g/mol. The number of hydrogen-bond donors (Lipinski definition) is 1. The molecule has 1 N–H and O–H groups in total. The Hall–Kier alpha value is -3.07. The number of alkyl halides is 3. The fourth-order valence-corrected chi connectivity index (χ4v) is 2.55. The van der Waals surface area contributed by atoms with Gasteiger partial charge in [0.25, 0.3) is 0 Å². The second kappa shape index (κ2) is 8.95. The van der Waals surface area contributed by atoms with Gasteiger partial charge in [0.05, 0.1) is 5.69 Å². The summed E-state index contributed by atoms with van der Waals surface area (Å²) in [5, 5.41) is 6.59. The normalized spacial score (nSPS) is 11.3. The van der Waals surface area contributed by atoms with Gasteiger partial charge in [0, 0.05) is 23.4 Å². The van der Waals surface area contributed by atoms with Gasteiger partial charge in [-0.3, -0.25) is 4.79 Å². The van der Waals surface area contributed by atoms with Gasteiger partial charge in [-0.25, -0.2) is 0 Å². The van der Waals surface area contributed by atoms with Gasteiger partial charge in [0.1, 0.15) is 5.75 Å². The topological polar surface area (TPSA) is 77.2 Å². The van der Waals surface area contributed by atoms with Gasteiger partial charge < -0.3 is 14.6 Å². The molecule has 0 unspecified atom stereocenters. The number of carbonyl (C=O) groups excluding carboxylic acids is 1. The zero-order chi connectivity index (χ0) is 20.9. The molecule has 2 aromatic carbocycles. The fraction of sp³-hybridized carbons (Fsp3) is 0.211. The lowest BCUT2D eigenvalue weighted by molar-refractivity contribution is -0.153. The van der Waals surface area contributed by atoms with Gasteiger partial charge in [-0.2, -0.15) is 18.2 Å². The average molecular weight is 426 g/mol. The maximum atomic E-state index is 12.4. The molecule has 0 aliphatic heterocycles. The van der Waals surface area contributed by atoms with Crippen LogP contribution in [0.4, 0.5) is 18.9 Å². The van der Waals surface area contributed by atoms with E-state index in [9.17, 15) is 18.0 Å². The molecule has 3 rings (SSSR count). The highest BCUT2D eigenvalue weighted by molar-refractivity contribution is 6.31. The number of amides is 1. The van der Waals surface area contributed by atoms with E-state index >= 15 is 0 Å². The fourth-order valence-electron chi connectivity index (χ4n) is 2.38. The SMILES string of the molecule is O=C(CCc1nc(-c2ccccc2)no1)Nc1cc(Cl)ccc1OCC(F)(F)F. The number of nitrogens with zero attached hydrogens (tertiary/aromatic N) is 2. The third kappa shape index (κ3) is 6.21. The summed E-state index contributed by atoms with van der Waals surface area (Å²) in [7, 11) is 0. The predicted molar refractivity (Wildman–Crippen MR) is 99.7 cm³/mol. The van der Waals surface area contributed by atoms with Crippen LogP contribution in [0.5, 0.6) is 5.75 Å². The van der Waals surface area contributed by atoms with Crippen molar-refractivity contribution < 1.29 is 27.2 Å². The van der Waals surface area contributed by atoms with E-state index in [4.69, 9.17) is 20.9 Å². The molecular formula is C19H15ClF3N3O3. The van der Waals surface area contributed by atoms with Crippen molar-refractivity contribution in [1.29, 1.82) is 0 Å². The van der Waals surface area contributed by atoms with E-state index in [0.29, 0.717) is 5.82 Å². The summed E-state index contributed by atoms with van der Waals surface area (Å²) in [6, 6.07) is 13.1. The number of aryl methyl sites for hydroxylation is 1. The first kappa shape index (κ1) is 20.7. The minimum absolute atomic E-state index is 0.0261. The van der Waals surface area contributed by atoms with Crippen LogP contribution in [0.3, 0.4) is 0 Å². The quantitative estimate of drug-likeness (QED) is 0.582. The average Bonchev–Trinajstić information content (AvgIpc) is 3.15. The zero-order valence-corrected chi connectivity index (χ0v) is 15.6. The van der Waals surface area contributed by atoms with Gasteiger partial charge in [-0.1, -0.05) is 47.1 Å². The van der Waals surface area contributed by atoms with Crippen LogP contribution in [0.25, 0.3) is 11.4 Å². The van der Waals surface area contributed by atoms with E-state index < -0.39 is 18.7 Å². The van der Waals surface area contributed by atoms with Crippen LogP contribution in [0.15, 0.2) is 53.1 Å². The summed E-state index contributed by atoms with van der Waals surface area (Å²) in [5.74, 6) is 0.0603. The molecule has 0 saturated carbocycles. The Balaban J connectivity index is 1.60. The minimum Gasteiger partial charge on any atom is -0.482 e. The van der Waals surface area contributed by atoms with E-state index in [1.54, 1.807) is 0 Å². The third-order valence-electron chi connectivity index (χ3n) is 3.67. The number of carbonyl (C=O) groups is 1. The number of rotatable bonds is 7. The van der Waals surface area contributed by atoms with Crippen molar-refractivity contribution in [3.05, 3.63) is 59.4 Å². The van der Waals surface area contributed by atoms with Crippen LogP contribution < -0.4 is 10.1 Å². The highest BCUT2D eigenvalue weighted by Crippen LogP contribution is 2.30. The van der Waals surface area contributed by atoms with Crippen LogP contribution in [0.2, 0.25) is 5.02 Å². The standard InChI is InChI=1S/C19H15ClF3N3O3/c20-13-6-7-15(28-11-19(21,22)23)14(10-13)24-16(27)8-9-17-25-18(26-29-17)12-4-2-1-3-5-12/h1-7,10H,8-9,11H2,(H,24,27). The summed E-state index contributed by atoms with van der Waals surface area (Å²) in [6.45, 7) is -1.48. The van der Waals surface area contributed by atoms with Crippen molar-refractivity contribution in [2.45, 2.75) is 19.0 Å². The Morgan fingerprint density at radius 2 is 1.93 bits per heavy atom. The molecule has 29 heavy (non-hydrogen) atoms. The second-order valence-electron chi connectivity index (χ2n) is 5.97. The van der Waals surface area contributed by atoms with Gasteiger partial charge in [0.15, 0.2) is 6.61 Å². The third-order valence-corrected chi connectivity index (χ3v) is 3.91. The molecule has 0 fully saturated rings. The van der Waals surface area contributed by atoms with Crippen molar-refractivity contribution in [3.8, 4) is 17.1 Å². The first-order valence-corrected chi connectivity index (χ1v) is 8.85. The molecule has 1 aromatic heterocycles. The highest BCUT2D eigenvalue weighted by atomic mass is 35.5. The molecule has 0 spiro atoms. The Morgan fingerprint density at radius 1 is 1.17 bits per heavy atom. The van der Waals surface area contributed by atoms with E-state index in [1.807, 2.05) is 30.3 Å². The second-order valence-corrected chi connectivity index (χ2v) is 6.41. The largest absolute Gasteiger partial charge is 0.482 e. The summed E-state index contributed by atoms with van der Waals surface area (Å²) in [5.41, 5.74) is 0.819. The number of benzene rings is 2. The molecule has 0 bridgehead atoms. The smallest absolute Gasteiger partial charge is 0.422 e. The number of aromatic nitrogens is 2. The van der Waals surface area contributed by atoms with Crippen LogP contribution >= 0.6 is 11.6 Å². The van der Waals surface area contributed by atoms with Crippen molar-refractivity contribution >= 4 is 23.2 Å². The molecule has 0 atom stereocenters. The maximum absolute atomic E-state index is 12.4. The summed E-state index contributed by atoms with van der Waals surface area (Å²) < 4.78 is 47.0. The highest BCUT2D eigenvalue weighted by Gasteiger charge is 2.29. The van der Waals surface area contributed by atoms with Crippen molar-refractivity contribution in [2.75, 3.05) is 11.9 Å². The molecule has 152 valence electrons. The van der Waals surface area contributed by atoms with Crippen molar-refractivity contribution in [2.24, 2.45) is 0 Å². The first-order chi connectivity index (χ1) is 13.8. The van der Waals surface area contributed by atoms with Crippen molar-refractivity contribution in [3.63, 3.8) is 0 Å². The van der Waals surface area contributed by atoms with Crippen molar-refractivity contribution in [1.82, 2.24) is 10.1 Å². The molecule has 0 aliphatic carbocycles. The molecule has 0 radical (unpaired) electrons. The summed E-state index contributed by atoms with van der Waals surface area (Å²) >= 11 is 5.86. The predicted octanol–water partition coefficient (Wildman–Crippen LogP) is 4.90. The summed E-state index contributed by atoms with van der Waals surface area (Å²) in [6.07, 6.45) is -4.37. The molecule has 0 saturated heterocycles.